The number of nitrogens with zero attached hydrogens (tertiary/aromatic N) is 3. The van der Waals surface area contributed by atoms with Crippen LogP contribution in [-0.4, -0.2) is 39.3 Å². The molecule has 5 nitrogen and oxygen atoms in total. The van der Waals surface area contributed by atoms with Crippen LogP contribution in [0.5, 0.6) is 0 Å². The minimum Gasteiger partial charge on any atom is -0.392 e. The van der Waals surface area contributed by atoms with Crippen molar-refractivity contribution in [1.29, 1.82) is 0 Å². The fourth-order valence-electron chi connectivity index (χ4n) is 1.77. The van der Waals surface area contributed by atoms with Crippen LogP contribution in [-0.2, 0) is 12.0 Å². The van der Waals surface area contributed by atoms with E-state index in [1.54, 1.807) is 0 Å². The van der Waals surface area contributed by atoms with E-state index >= 15 is 0 Å². The van der Waals surface area contributed by atoms with E-state index < -0.39 is 0 Å². The van der Waals surface area contributed by atoms with Crippen LogP contribution in [0.15, 0.2) is 4.52 Å². The van der Waals surface area contributed by atoms with Gasteiger partial charge in [0.25, 0.3) is 0 Å². The van der Waals surface area contributed by atoms with Crippen molar-refractivity contribution < 1.29 is 9.63 Å². The van der Waals surface area contributed by atoms with Crippen LogP contribution in [0.1, 0.15) is 38.9 Å². The van der Waals surface area contributed by atoms with Crippen LogP contribution in [0.2, 0.25) is 0 Å². The molecule has 1 aliphatic rings. The zero-order valence-corrected chi connectivity index (χ0v) is 10.1. The molecule has 2 rings (SSSR count). The Bertz CT molecular complexity index is 356. The maximum atomic E-state index is 9.40. The maximum Gasteiger partial charge on any atom is 0.240 e. The maximum absolute atomic E-state index is 9.40. The highest BCUT2D eigenvalue weighted by Crippen LogP contribution is 2.19. The van der Waals surface area contributed by atoms with Crippen molar-refractivity contribution in [3.63, 3.8) is 0 Å². The van der Waals surface area contributed by atoms with E-state index in [1.165, 1.54) is 0 Å². The molecule has 0 bridgehead atoms. The van der Waals surface area contributed by atoms with Crippen molar-refractivity contribution in [3.8, 4) is 0 Å². The Kier molecular flexibility index (Phi) is 2.99. The van der Waals surface area contributed by atoms with E-state index in [4.69, 9.17) is 4.52 Å². The van der Waals surface area contributed by atoms with Crippen molar-refractivity contribution >= 4 is 0 Å². The molecule has 0 spiro atoms. The Morgan fingerprint density at radius 3 is 2.75 bits per heavy atom. The quantitative estimate of drug-likeness (QED) is 0.811. The van der Waals surface area contributed by atoms with E-state index in [9.17, 15) is 5.11 Å². The standard InChI is InChI=1S/C11H19N3O2/c1-11(2,3)10-12-9(16-13-10)7-14-5-4-8(15)6-14/h8,15H,4-7H2,1-3H3/t8-/m1/s1. The van der Waals surface area contributed by atoms with Gasteiger partial charge in [0.15, 0.2) is 5.82 Å². The average Bonchev–Trinajstić information content (AvgIpc) is 2.74. The Hall–Kier alpha value is -0.940. The van der Waals surface area contributed by atoms with Gasteiger partial charge in [-0.2, -0.15) is 4.98 Å². The first-order valence-corrected chi connectivity index (χ1v) is 5.68. The highest BCUT2D eigenvalue weighted by atomic mass is 16.5. The Labute approximate surface area is 95.4 Å². The molecule has 0 aromatic carbocycles. The summed E-state index contributed by atoms with van der Waals surface area (Å²) in [6, 6.07) is 0. The van der Waals surface area contributed by atoms with Crippen LogP contribution in [0.25, 0.3) is 0 Å². The zero-order chi connectivity index (χ0) is 11.8. The van der Waals surface area contributed by atoms with Gasteiger partial charge in [0.2, 0.25) is 5.89 Å². The molecule has 1 aliphatic heterocycles. The highest BCUT2D eigenvalue weighted by molar-refractivity contribution is 5.00. The van der Waals surface area contributed by atoms with Gasteiger partial charge in [-0.3, -0.25) is 4.90 Å². The summed E-state index contributed by atoms with van der Waals surface area (Å²) in [5, 5.41) is 13.4. The molecule has 0 unspecified atom stereocenters. The second-order valence-corrected chi connectivity index (χ2v) is 5.44. The summed E-state index contributed by atoms with van der Waals surface area (Å²) in [5.74, 6) is 1.38. The lowest BCUT2D eigenvalue weighted by atomic mass is 9.96. The third-order valence-electron chi connectivity index (χ3n) is 2.75. The second-order valence-electron chi connectivity index (χ2n) is 5.44. The van der Waals surface area contributed by atoms with E-state index in [2.05, 4.69) is 35.8 Å². The van der Waals surface area contributed by atoms with Gasteiger partial charge in [-0.1, -0.05) is 25.9 Å². The van der Waals surface area contributed by atoms with Crippen molar-refractivity contribution in [2.24, 2.45) is 0 Å². The summed E-state index contributed by atoms with van der Waals surface area (Å²) < 4.78 is 5.20. The van der Waals surface area contributed by atoms with Gasteiger partial charge in [0.1, 0.15) is 0 Å². The van der Waals surface area contributed by atoms with Gasteiger partial charge in [0.05, 0.1) is 12.6 Å². The minimum atomic E-state index is -0.204. The highest BCUT2D eigenvalue weighted by Gasteiger charge is 2.24. The average molecular weight is 225 g/mol. The number of β-amino-alcohol motifs (C(OH)–C–C–N with tert-alkyl or cyclic N) is 1. The number of likely N-dealkylation sites (tertiary alicyclic amines) is 1. The molecule has 0 amide bonds. The van der Waals surface area contributed by atoms with Crippen molar-refractivity contribution in [3.05, 3.63) is 11.7 Å². The number of aliphatic hydroxyl groups is 1. The van der Waals surface area contributed by atoms with E-state index in [-0.39, 0.29) is 11.5 Å². The molecule has 90 valence electrons. The summed E-state index contributed by atoms with van der Waals surface area (Å²) in [7, 11) is 0. The molecule has 2 heterocycles. The number of aromatic nitrogens is 2. The van der Waals surface area contributed by atoms with Gasteiger partial charge in [-0.05, 0) is 6.42 Å². The van der Waals surface area contributed by atoms with Crippen LogP contribution in [0.3, 0.4) is 0 Å². The summed E-state index contributed by atoms with van der Waals surface area (Å²) in [5.41, 5.74) is -0.0771. The molecule has 0 aliphatic carbocycles. The SMILES string of the molecule is CC(C)(C)c1noc(CN2CC[C@@H](O)C2)n1. The first-order valence-electron chi connectivity index (χ1n) is 5.68. The Morgan fingerprint density at radius 1 is 1.50 bits per heavy atom. The molecular formula is C11H19N3O2. The Balaban J connectivity index is 1.98. The number of aliphatic hydroxyl groups excluding tert-OH is 1. The topological polar surface area (TPSA) is 62.4 Å². The number of hydrogen-bond acceptors (Lipinski definition) is 5. The van der Waals surface area contributed by atoms with Gasteiger partial charge in [-0.25, -0.2) is 0 Å². The molecule has 1 aromatic heterocycles. The lowest BCUT2D eigenvalue weighted by molar-refractivity contribution is 0.169. The Morgan fingerprint density at radius 2 is 2.25 bits per heavy atom. The molecule has 5 heteroatoms. The zero-order valence-electron chi connectivity index (χ0n) is 10.1. The summed E-state index contributed by atoms with van der Waals surface area (Å²) in [6.45, 7) is 8.41. The first kappa shape index (κ1) is 11.5. The largest absolute Gasteiger partial charge is 0.392 e. The van der Waals surface area contributed by atoms with Crippen molar-refractivity contribution in [2.45, 2.75) is 45.3 Å². The normalized spacial score (nSPS) is 22.9. The summed E-state index contributed by atoms with van der Waals surface area (Å²) >= 11 is 0. The predicted molar refractivity (Wildman–Crippen MR) is 58.9 cm³/mol. The molecule has 0 saturated carbocycles. The third kappa shape index (κ3) is 2.59. The molecule has 1 fully saturated rings. The molecule has 1 saturated heterocycles. The lowest BCUT2D eigenvalue weighted by Crippen LogP contribution is -2.22. The molecule has 1 atom stereocenters. The summed E-state index contributed by atoms with van der Waals surface area (Å²) in [6.07, 6.45) is 0.630. The van der Waals surface area contributed by atoms with Crippen LogP contribution in [0.4, 0.5) is 0 Å². The van der Waals surface area contributed by atoms with Gasteiger partial charge in [-0.15, -0.1) is 0 Å². The van der Waals surface area contributed by atoms with E-state index in [0.29, 0.717) is 19.0 Å². The molecule has 1 N–H and O–H groups in total. The van der Waals surface area contributed by atoms with E-state index in [0.717, 1.165) is 18.8 Å². The van der Waals surface area contributed by atoms with Crippen molar-refractivity contribution in [1.82, 2.24) is 15.0 Å². The molecule has 1 aromatic rings. The lowest BCUT2D eigenvalue weighted by Gasteiger charge is -2.12. The molecular weight excluding hydrogens is 206 g/mol. The van der Waals surface area contributed by atoms with Crippen LogP contribution in [0, 0.1) is 0 Å². The van der Waals surface area contributed by atoms with Gasteiger partial charge < -0.3 is 9.63 Å². The molecule has 0 radical (unpaired) electrons. The monoisotopic (exact) mass is 225 g/mol. The first-order chi connectivity index (χ1) is 7.45. The minimum absolute atomic E-state index is 0.0771. The van der Waals surface area contributed by atoms with E-state index in [1.807, 2.05) is 0 Å². The fourth-order valence-corrected chi connectivity index (χ4v) is 1.77. The second kappa shape index (κ2) is 4.14. The van der Waals surface area contributed by atoms with Crippen LogP contribution >= 0.6 is 0 Å². The number of rotatable bonds is 2. The third-order valence-corrected chi connectivity index (χ3v) is 2.75. The summed E-state index contributed by atoms with van der Waals surface area (Å²) in [4.78, 5) is 6.50. The molecule has 16 heavy (non-hydrogen) atoms. The van der Waals surface area contributed by atoms with Crippen LogP contribution < -0.4 is 0 Å². The van der Waals surface area contributed by atoms with Crippen molar-refractivity contribution in [2.75, 3.05) is 13.1 Å². The van der Waals surface area contributed by atoms with Gasteiger partial charge in [0, 0.05) is 18.5 Å². The predicted octanol–water partition coefficient (Wildman–Crippen LogP) is 0.934. The fraction of sp³-hybridized carbons (Fsp3) is 0.818. The van der Waals surface area contributed by atoms with Gasteiger partial charge >= 0.3 is 0 Å². The number of hydrogen-bond donors (Lipinski definition) is 1. The smallest absolute Gasteiger partial charge is 0.240 e.